The Hall–Kier alpha value is -1.02. The number of fused-ring (bicyclic) bond motifs is 1. The van der Waals surface area contributed by atoms with Gasteiger partial charge in [0.2, 0.25) is 0 Å². The number of aryl methyl sites for hydroxylation is 1. The third kappa shape index (κ3) is 3.60. The number of nitrogens with one attached hydrogen (secondary N) is 1. The second-order valence-electron chi connectivity index (χ2n) is 6.68. The van der Waals surface area contributed by atoms with Gasteiger partial charge in [0.25, 0.3) is 0 Å². The van der Waals surface area contributed by atoms with Gasteiger partial charge in [-0.25, -0.2) is 0 Å². The van der Waals surface area contributed by atoms with Crippen molar-refractivity contribution in [2.75, 3.05) is 13.2 Å². The van der Waals surface area contributed by atoms with E-state index in [-0.39, 0.29) is 0 Å². The Labute approximate surface area is 129 Å². The Morgan fingerprint density at radius 2 is 2.10 bits per heavy atom. The van der Waals surface area contributed by atoms with Crippen molar-refractivity contribution < 1.29 is 4.74 Å². The number of benzene rings is 1. The third-order valence-corrected chi connectivity index (χ3v) is 5.02. The lowest BCUT2D eigenvalue weighted by molar-refractivity contribution is 0.278. The lowest BCUT2D eigenvalue weighted by Crippen LogP contribution is -2.25. The van der Waals surface area contributed by atoms with Gasteiger partial charge in [0.05, 0.1) is 6.61 Å². The first-order valence-electron chi connectivity index (χ1n) is 8.86. The van der Waals surface area contributed by atoms with Crippen molar-refractivity contribution in [2.24, 2.45) is 5.92 Å². The molecular weight excluding hydrogens is 258 g/mol. The summed E-state index contributed by atoms with van der Waals surface area (Å²) in [5.41, 5.74) is 2.82. The highest BCUT2D eigenvalue weighted by Gasteiger charge is 2.25. The van der Waals surface area contributed by atoms with Gasteiger partial charge in [-0.3, -0.25) is 0 Å². The van der Waals surface area contributed by atoms with Crippen LogP contribution < -0.4 is 10.1 Å². The molecule has 0 saturated heterocycles. The number of hydrogen-bond donors (Lipinski definition) is 1. The molecule has 1 N–H and O–H groups in total. The van der Waals surface area contributed by atoms with Gasteiger partial charge in [-0.05, 0) is 43.7 Å². The molecule has 1 aliphatic heterocycles. The van der Waals surface area contributed by atoms with Gasteiger partial charge in [-0.2, -0.15) is 0 Å². The van der Waals surface area contributed by atoms with Crippen LogP contribution in [0.15, 0.2) is 18.2 Å². The van der Waals surface area contributed by atoms with Gasteiger partial charge in [-0.15, -0.1) is 0 Å². The highest BCUT2D eigenvalue weighted by Crippen LogP contribution is 2.38. The molecule has 2 nitrogen and oxygen atoms in total. The minimum Gasteiger partial charge on any atom is -0.493 e. The number of rotatable bonds is 6. The molecule has 0 spiro atoms. The van der Waals surface area contributed by atoms with E-state index in [1.54, 1.807) is 0 Å². The first-order chi connectivity index (χ1) is 10.4. The van der Waals surface area contributed by atoms with Crippen molar-refractivity contribution >= 4 is 0 Å². The van der Waals surface area contributed by atoms with Crippen molar-refractivity contribution in [3.05, 3.63) is 29.3 Å². The Morgan fingerprint density at radius 1 is 1.24 bits per heavy atom. The first-order valence-corrected chi connectivity index (χ1v) is 8.86. The molecule has 1 atom stereocenters. The van der Waals surface area contributed by atoms with E-state index in [2.05, 4.69) is 30.4 Å². The van der Waals surface area contributed by atoms with Crippen LogP contribution in [0, 0.1) is 5.92 Å². The van der Waals surface area contributed by atoms with Crippen LogP contribution in [0.3, 0.4) is 0 Å². The zero-order valence-corrected chi connectivity index (χ0v) is 13.4. The van der Waals surface area contributed by atoms with E-state index in [1.165, 1.54) is 61.8 Å². The molecule has 1 unspecified atom stereocenters. The summed E-state index contributed by atoms with van der Waals surface area (Å²) < 4.78 is 6.04. The highest BCUT2D eigenvalue weighted by molar-refractivity contribution is 5.44. The number of ether oxygens (including phenoxy) is 1. The molecule has 0 bridgehead atoms. The topological polar surface area (TPSA) is 21.3 Å². The molecule has 1 aliphatic carbocycles. The van der Waals surface area contributed by atoms with Crippen molar-refractivity contribution in [3.8, 4) is 5.75 Å². The number of para-hydroxylation sites is 1. The quantitative estimate of drug-likeness (QED) is 0.823. The van der Waals surface area contributed by atoms with Crippen LogP contribution >= 0.6 is 0 Å². The van der Waals surface area contributed by atoms with E-state index in [1.807, 2.05) is 0 Å². The van der Waals surface area contributed by atoms with Gasteiger partial charge in [0.15, 0.2) is 0 Å². The van der Waals surface area contributed by atoms with Crippen LogP contribution in [0.4, 0.5) is 0 Å². The molecule has 1 fully saturated rings. The Balaban J connectivity index is 1.80. The van der Waals surface area contributed by atoms with Crippen LogP contribution in [-0.2, 0) is 6.42 Å². The molecule has 21 heavy (non-hydrogen) atoms. The molecule has 1 aromatic carbocycles. The van der Waals surface area contributed by atoms with Crippen LogP contribution in [0.1, 0.15) is 69.0 Å². The Morgan fingerprint density at radius 3 is 2.90 bits per heavy atom. The summed E-state index contributed by atoms with van der Waals surface area (Å²) in [7, 11) is 0. The predicted octanol–water partition coefficient (Wildman–Crippen LogP) is 4.63. The summed E-state index contributed by atoms with van der Waals surface area (Å²) in [5, 5.41) is 3.78. The van der Waals surface area contributed by atoms with Crippen LogP contribution in [0.2, 0.25) is 0 Å². The number of hydrogen-bond acceptors (Lipinski definition) is 2. The van der Waals surface area contributed by atoms with Crippen LogP contribution in [0.5, 0.6) is 5.75 Å². The van der Waals surface area contributed by atoms with E-state index >= 15 is 0 Å². The van der Waals surface area contributed by atoms with Crippen molar-refractivity contribution in [1.82, 2.24) is 5.32 Å². The van der Waals surface area contributed by atoms with Crippen molar-refractivity contribution in [3.63, 3.8) is 0 Å². The maximum absolute atomic E-state index is 6.04. The Kier molecular flexibility index (Phi) is 5.18. The predicted molar refractivity (Wildman–Crippen MR) is 87.9 cm³/mol. The average molecular weight is 287 g/mol. The molecule has 2 aliphatic rings. The maximum atomic E-state index is 6.04. The molecule has 1 aromatic rings. The smallest absolute Gasteiger partial charge is 0.127 e. The van der Waals surface area contributed by atoms with Gasteiger partial charge < -0.3 is 10.1 Å². The molecule has 1 saturated carbocycles. The fraction of sp³-hybridized carbons (Fsp3) is 0.684. The summed E-state index contributed by atoms with van der Waals surface area (Å²) in [5.74, 6) is 2.09. The van der Waals surface area contributed by atoms with Crippen LogP contribution in [-0.4, -0.2) is 13.2 Å². The van der Waals surface area contributed by atoms with E-state index in [9.17, 15) is 0 Å². The van der Waals surface area contributed by atoms with Gasteiger partial charge in [0.1, 0.15) is 5.75 Å². The zero-order valence-electron chi connectivity index (χ0n) is 13.4. The molecule has 0 radical (unpaired) electrons. The van der Waals surface area contributed by atoms with Crippen LogP contribution in [0.25, 0.3) is 0 Å². The Bertz CT molecular complexity index is 451. The fourth-order valence-electron chi connectivity index (χ4n) is 3.91. The molecule has 1 heterocycles. The normalized spacial score (nSPS) is 20.0. The molecular formula is C19H29NO. The van der Waals surface area contributed by atoms with Gasteiger partial charge in [-0.1, -0.05) is 50.8 Å². The van der Waals surface area contributed by atoms with E-state index < -0.39 is 0 Å². The first kappa shape index (κ1) is 14.9. The minimum atomic E-state index is 0.473. The molecule has 3 rings (SSSR count). The largest absolute Gasteiger partial charge is 0.493 e. The fourth-order valence-corrected chi connectivity index (χ4v) is 3.91. The lowest BCUT2D eigenvalue weighted by atomic mass is 9.90. The van der Waals surface area contributed by atoms with E-state index in [0.29, 0.717) is 6.04 Å². The summed E-state index contributed by atoms with van der Waals surface area (Å²) in [6.45, 7) is 4.23. The second kappa shape index (κ2) is 7.31. The highest BCUT2D eigenvalue weighted by atomic mass is 16.5. The summed E-state index contributed by atoms with van der Waals surface area (Å²) in [4.78, 5) is 0. The van der Waals surface area contributed by atoms with E-state index in [4.69, 9.17) is 4.74 Å². The molecule has 0 aromatic heterocycles. The SMILES string of the molecule is CCCNC(CC1CCCC1)c1cccc2c1OCCC2. The minimum absolute atomic E-state index is 0.473. The molecule has 116 valence electrons. The standard InChI is InChI=1S/C19H29NO/c1-2-12-20-18(14-15-7-3-4-8-15)17-11-5-9-16-10-6-13-21-19(16)17/h5,9,11,15,18,20H,2-4,6-8,10,12-14H2,1H3. The second-order valence-corrected chi connectivity index (χ2v) is 6.68. The van der Waals surface area contributed by atoms with E-state index in [0.717, 1.165) is 25.5 Å². The molecule has 2 heteroatoms. The summed E-state index contributed by atoms with van der Waals surface area (Å²) >= 11 is 0. The van der Waals surface area contributed by atoms with Gasteiger partial charge >= 0.3 is 0 Å². The average Bonchev–Trinajstić information content (AvgIpc) is 3.04. The third-order valence-electron chi connectivity index (χ3n) is 5.02. The maximum Gasteiger partial charge on any atom is 0.127 e. The summed E-state index contributed by atoms with van der Waals surface area (Å²) in [6.07, 6.45) is 10.5. The lowest BCUT2D eigenvalue weighted by Gasteiger charge is -2.27. The summed E-state index contributed by atoms with van der Waals surface area (Å²) in [6, 6.07) is 7.22. The van der Waals surface area contributed by atoms with Crippen molar-refractivity contribution in [1.29, 1.82) is 0 Å². The monoisotopic (exact) mass is 287 g/mol. The molecule has 0 amide bonds. The zero-order chi connectivity index (χ0) is 14.5. The van der Waals surface area contributed by atoms with Crippen molar-refractivity contribution in [2.45, 2.75) is 64.3 Å². The van der Waals surface area contributed by atoms with Gasteiger partial charge in [0, 0.05) is 11.6 Å².